The number of rotatable bonds is 10. The van der Waals surface area contributed by atoms with Crippen LogP contribution in [0.25, 0.3) is 22.2 Å². The average Bonchev–Trinajstić information content (AvgIpc) is 3.15. The highest BCUT2D eigenvalue weighted by Gasteiger charge is 2.19. The maximum Gasteiger partial charge on any atom is 0.207 e. The minimum absolute atomic E-state index is 0.163. The van der Waals surface area contributed by atoms with Crippen LogP contribution in [0.2, 0.25) is 0 Å². The van der Waals surface area contributed by atoms with Crippen molar-refractivity contribution in [3.05, 3.63) is 41.7 Å². The largest absolute Gasteiger partial charge is 0.494 e. The number of nitrogens with zero attached hydrogens (tertiary/aromatic N) is 1. The fraction of sp³-hybridized carbons (Fsp3) is 0.333. The Balaban J connectivity index is 1.94. The topological polar surface area (TPSA) is 85.5 Å². The predicted octanol–water partition coefficient (Wildman–Crippen LogP) is 3.60. The number of aromatic nitrogens is 2. The van der Waals surface area contributed by atoms with E-state index in [1.807, 2.05) is 31.2 Å². The molecule has 154 valence electrons. The molecule has 0 bridgehead atoms. The third-order valence-electron chi connectivity index (χ3n) is 4.69. The van der Waals surface area contributed by atoms with E-state index in [0.717, 1.165) is 10.9 Å². The van der Waals surface area contributed by atoms with E-state index in [2.05, 4.69) is 15.5 Å². The molecular formula is C21H24FN3O4. The quantitative estimate of drug-likeness (QED) is 0.401. The van der Waals surface area contributed by atoms with Crippen LogP contribution in [0.3, 0.4) is 0 Å². The van der Waals surface area contributed by atoms with Gasteiger partial charge in [0.1, 0.15) is 11.4 Å². The number of fused-ring (bicyclic) bond motifs is 1. The zero-order chi connectivity index (χ0) is 20.8. The van der Waals surface area contributed by atoms with Gasteiger partial charge in [0.2, 0.25) is 6.41 Å². The maximum absolute atomic E-state index is 14.7. The Bertz CT molecular complexity index is 989. The van der Waals surface area contributed by atoms with Gasteiger partial charge in [0.05, 0.1) is 25.3 Å². The zero-order valence-electron chi connectivity index (χ0n) is 16.6. The van der Waals surface area contributed by atoms with E-state index in [-0.39, 0.29) is 11.9 Å². The van der Waals surface area contributed by atoms with Crippen LogP contribution in [0.5, 0.6) is 11.5 Å². The summed E-state index contributed by atoms with van der Waals surface area (Å²) in [5, 5.41) is 10.7. The summed E-state index contributed by atoms with van der Waals surface area (Å²) in [6.45, 7) is 2.84. The number of halogens is 1. The molecule has 0 aliphatic heterocycles. The minimum Gasteiger partial charge on any atom is -0.494 e. The highest BCUT2D eigenvalue weighted by atomic mass is 19.1. The summed E-state index contributed by atoms with van der Waals surface area (Å²) in [6.07, 6.45) is 1.01. The summed E-state index contributed by atoms with van der Waals surface area (Å²) >= 11 is 0. The van der Waals surface area contributed by atoms with Gasteiger partial charge in [-0.1, -0.05) is 0 Å². The van der Waals surface area contributed by atoms with Gasteiger partial charge in [-0.05, 0) is 43.7 Å². The van der Waals surface area contributed by atoms with Gasteiger partial charge in [0.15, 0.2) is 11.6 Å². The molecule has 1 unspecified atom stereocenters. The molecule has 0 saturated heterocycles. The Morgan fingerprint density at radius 1 is 1.28 bits per heavy atom. The Kier molecular flexibility index (Phi) is 6.66. The van der Waals surface area contributed by atoms with E-state index >= 15 is 0 Å². The standard InChI is InChI=1S/C21H24FN3O4/c1-13(27-2)16-9-14(10-18(22)21(16)28-3)20-17-11-15(5-6-19(17)24-25-20)29-8-4-7-23-12-26/h5-6,9-13H,4,7-8H2,1-3H3,(H,23,26)(H,24,25). The summed E-state index contributed by atoms with van der Waals surface area (Å²) in [4.78, 5) is 10.3. The van der Waals surface area contributed by atoms with E-state index in [1.165, 1.54) is 13.2 Å². The van der Waals surface area contributed by atoms with Crippen LogP contribution >= 0.6 is 0 Å². The Hall–Kier alpha value is -3.13. The van der Waals surface area contributed by atoms with Crippen LogP contribution in [0, 0.1) is 5.82 Å². The van der Waals surface area contributed by atoms with Crippen LogP contribution < -0.4 is 14.8 Å². The lowest BCUT2D eigenvalue weighted by Gasteiger charge is -2.16. The van der Waals surface area contributed by atoms with E-state index in [0.29, 0.717) is 48.6 Å². The molecule has 1 heterocycles. The maximum atomic E-state index is 14.7. The number of ether oxygens (including phenoxy) is 3. The molecule has 0 fully saturated rings. The number of H-pyrrole nitrogens is 1. The molecule has 8 heteroatoms. The van der Waals surface area contributed by atoms with E-state index in [9.17, 15) is 9.18 Å². The first kappa shape index (κ1) is 20.6. The van der Waals surface area contributed by atoms with Crippen molar-refractivity contribution in [1.29, 1.82) is 0 Å². The molecule has 3 rings (SSSR count). The number of nitrogens with one attached hydrogen (secondary N) is 2. The third kappa shape index (κ3) is 4.48. The first-order valence-electron chi connectivity index (χ1n) is 9.27. The van der Waals surface area contributed by atoms with Crippen molar-refractivity contribution in [2.45, 2.75) is 19.4 Å². The van der Waals surface area contributed by atoms with Crippen LogP contribution in [0.4, 0.5) is 4.39 Å². The van der Waals surface area contributed by atoms with Crippen LogP contribution in [0.15, 0.2) is 30.3 Å². The van der Waals surface area contributed by atoms with E-state index in [4.69, 9.17) is 14.2 Å². The number of methoxy groups -OCH3 is 2. The SMILES string of the molecule is COc1c(F)cc(-c2n[nH]c3ccc(OCCCNC=O)cc23)cc1C(C)OC. The van der Waals surface area contributed by atoms with Gasteiger partial charge in [-0.25, -0.2) is 4.39 Å². The highest BCUT2D eigenvalue weighted by molar-refractivity contribution is 5.94. The number of hydrogen-bond acceptors (Lipinski definition) is 5. The number of benzene rings is 2. The average molecular weight is 401 g/mol. The van der Waals surface area contributed by atoms with Gasteiger partial charge < -0.3 is 19.5 Å². The number of carbonyl (C=O) groups excluding carboxylic acids is 1. The fourth-order valence-electron chi connectivity index (χ4n) is 3.12. The third-order valence-corrected chi connectivity index (χ3v) is 4.69. The smallest absolute Gasteiger partial charge is 0.207 e. The van der Waals surface area contributed by atoms with Crippen molar-refractivity contribution >= 4 is 17.3 Å². The summed E-state index contributed by atoms with van der Waals surface area (Å²) < 4.78 is 31.0. The van der Waals surface area contributed by atoms with Crippen molar-refractivity contribution in [3.63, 3.8) is 0 Å². The Morgan fingerprint density at radius 2 is 2.10 bits per heavy atom. The zero-order valence-corrected chi connectivity index (χ0v) is 16.6. The molecule has 1 amide bonds. The lowest BCUT2D eigenvalue weighted by molar-refractivity contribution is -0.109. The first-order chi connectivity index (χ1) is 14.1. The molecular weight excluding hydrogens is 377 g/mol. The predicted molar refractivity (Wildman–Crippen MR) is 108 cm³/mol. The van der Waals surface area contributed by atoms with Gasteiger partial charge in [-0.15, -0.1) is 0 Å². The molecule has 0 radical (unpaired) electrons. The highest BCUT2D eigenvalue weighted by Crippen LogP contribution is 2.36. The molecule has 1 aromatic heterocycles. The summed E-state index contributed by atoms with van der Waals surface area (Å²) in [5.74, 6) is 0.358. The molecule has 0 spiro atoms. The lowest BCUT2D eigenvalue weighted by Crippen LogP contribution is -2.14. The summed E-state index contributed by atoms with van der Waals surface area (Å²) in [7, 11) is 3.00. The van der Waals surface area contributed by atoms with E-state index in [1.54, 1.807) is 7.11 Å². The van der Waals surface area contributed by atoms with Gasteiger partial charge >= 0.3 is 0 Å². The number of aromatic amines is 1. The monoisotopic (exact) mass is 401 g/mol. The second kappa shape index (κ2) is 9.38. The van der Waals surface area contributed by atoms with Crippen molar-refractivity contribution < 1.29 is 23.4 Å². The number of hydrogen-bond donors (Lipinski definition) is 2. The van der Waals surface area contributed by atoms with E-state index < -0.39 is 5.82 Å². The summed E-state index contributed by atoms with van der Waals surface area (Å²) in [5.41, 5.74) is 2.64. The molecule has 0 aliphatic rings. The summed E-state index contributed by atoms with van der Waals surface area (Å²) in [6, 6.07) is 8.79. The van der Waals surface area contributed by atoms with Crippen molar-refractivity contribution in [1.82, 2.24) is 15.5 Å². The van der Waals surface area contributed by atoms with Crippen molar-refractivity contribution in [2.24, 2.45) is 0 Å². The molecule has 3 aromatic rings. The molecule has 0 saturated carbocycles. The molecule has 0 aliphatic carbocycles. The molecule has 7 nitrogen and oxygen atoms in total. The minimum atomic E-state index is -0.477. The van der Waals surface area contributed by atoms with Gasteiger partial charge in [-0.2, -0.15) is 5.10 Å². The fourth-order valence-corrected chi connectivity index (χ4v) is 3.12. The first-order valence-corrected chi connectivity index (χ1v) is 9.27. The molecule has 2 aromatic carbocycles. The van der Waals surface area contributed by atoms with Crippen LogP contribution in [-0.4, -0.2) is 44.0 Å². The molecule has 2 N–H and O–H groups in total. The Labute approximate surface area is 168 Å². The van der Waals surface area contributed by atoms with Crippen LogP contribution in [0.1, 0.15) is 25.0 Å². The Morgan fingerprint density at radius 3 is 2.83 bits per heavy atom. The van der Waals surface area contributed by atoms with Crippen LogP contribution in [-0.2, 0) is 9.53 Å². The second-order valence-electron chi connectivity index (χ2n) is 6.51. The van der Waals surface area contributed by atoms with Crippen molar-refractivity contribution in [3.8, 4) is 22.8 Å². The lowest BCUT2D eigenvalue weighted by atomic mass is 10.0. The van der Waals surface area contributed by atoms with Gasteiger partial charge in [0.25, 0.3) is 0 Å². The number of carbonyl (C=O) groups is 1. The normalized spacial score (nSPS) is 12.0. The van der Waals surface area contributed by atoms with Gasteiger partial charge in [-0.3, -0.25) is 9.89 Å². The van der Waals surface area contributed by atoms with Crippen molar-refractivity contribution in [2.75, 3.05) is 27.4 Å². The number of amides is 1. The second-order valence-corrected chi connectivity index (χ2v) is 6.51. The molecule has 29 heavy (non-hydrogen) atoms. The molecule has 1 atom stereocenters. The van der Waals surface area contributed by atoms with Gasteiger partial charge in [0, 0.05) is 30.2 Å².